The lowest BCUT2D eigenvalue weighted by Gasteiger charge is -2.27. The Balaban J connectivity index is 2.08. The fraction of sp³-hybridized carbons (Fsp3) is 0.500. The van der Waals surface area contributed by atoms with Gasteiger partial charge in [-0.05, 0) is 30.9 Å². The van der Waals surface area contributed by atoms with Crippen LogP contribution in [0.3, 0.4) is 0 Å². The van der Waals surface area contributed by atoms with Crippen LogP contribution in [-0.2, 0) is 4.74 Å². The molecule has 1 amide bonds. The molecule has 0 radical (unpaired) electrons. The first-order valence-corrected chi connectivity index (χ1v) is 6.86. The Bertz CT molecular complexity index is 541. The van der Waals surface area contributed by atoms with Crippen molar-refractivity contribution in [3.63, 3.8) is 0 Å². The minimum absolute atomic E-state index is 0.0589. The van der Waals surface area contributed by atoms with Crippen LogP contribution in [-0.4, -0.2) is 42.5 Å². The van der Waals surface area contributed by atoms with Crippen molar-refractivity contribution in [2.75, 3.05) is 32.5 Å². The summed E-state index contributed by atoms with van der Waals surface area (Å²) in [4.78, 5) is 24.2. The van der Waals surface area contributed by atoms with Crippen LogP contribution in [0.25, 0.3) is 0 Å². The fourth-order valence-electron chi connectivity index (χ4n) is 2.45. The van der Waals surface area contributed by atoms with E-state index < -0.39 is 4.92 Å². The molecule has 0 aliphatic carbocycles. The summed E-state index contributed by atoms with van der Waals surface area (Å²) in [5.41, 5.74) is 5.64. The number of hydrogen-bond acceptors (Lipinski definition) is 5. The Labute approximate surface area is 122 Å². The second-order valence-electron chi connectivity index (χ2n) is 5.27. The SMILES string of the molecule is CN(CC1CCOCC1)C(=O)c1ccc(N)c([N+](=O)[O-])c1. The smallest absolute Gasteiger partial charge is 0.292 e. The van der Waals surface area contributed by atoms with E-state index in [4.69, 9.17) is 10.5 Å². The Kier molecular flexibility index (Phi) is 4.74. The molecule has 1 aromatic rings. The molecule has 7 heteroatoms. The highest BCUT2D eigenvalue weighted by molar-refractivity contribution is 5.95. The summed E-state index contributed by atoms with van der Waals surface area (Å²) in [5, 5.41) is 10.9. The quantitative estimate of drug-likeness (QED) is 0.517. The zero-order valence-electron chi connectivity index (χ0n) is 11.9. The Hall–Kier alpha value is -2.15. The Morgan fingerprint density at radius 3 is 2.76 bits per heavy atom. The van der Waals surface area contributed by atoms with Crippen LogP contribution in [0.4, 0.5) is 11.4 Å². The molecule has 0 atom stereocenters. The van der Waals surface area contributed by atoms with Crippen molar-refractivity contribution in [3.05, 3.63) is 33.9 Å². The Morgan fingerprint density at radius 2 is 2.14 bits per heavy atom. The summed E-state index contributed by atoms with van der Waals surface area (Å²) >= 11 is 0. The number of hydrogen-bond donors (Lipinski definition) is 1. The van der Waals surface area contributed by atoms with E-state index in [2.05, 4.69) is 0 Å². The number of ether oxygens (including phenoxy) is 1. The average molecular weight is 293 g/mol. The number of anilines is 1. The molecule has 21 heavy (non-hydrogen) atoms. The number of nitrogen functional groups attached to an aromatic ring is 1. The van der Waals surface area contributed by atoms with Crippen LogP contribution in [0, 0.1) is 16.0 Å². The zero-order valence-corrected chi connectivity index (χ0v) is 11.9. The van der Waals surface area contributed by atoms with E-state index in [-0.39, 0.29) is 22.8 Å². The maximum atomic E-state index is 12.3. The first-order valence-electron chi connectivity index (χ1n) is 6.86. The minimum Gasteiger partial charge on any atom is -0.393 e. The molecule has 1 aromatic carbocycles. The highest BCUT2D eigenvalue weighted by Gasteiger charge is 2.21. The van der Waals surface area contributed by atoms with Crippen molar-refractivity contribution < 1.29 is 14.5 Å². The molecule has 114 valence electrons. The van der Waals surface area contributed by atoms with Crippen LogP contribution in [0.1, 0.15) is 23.2 Å². The van der Waals surface area contributed by atoms with Crippen molar-refractivity contribution in [3.8, 4) is 0 Å². The zero-order chi connectivity index (χ0) is 15.4. The van der Waals surface area contributed by atoms with Crippen LogP contribution in [0.15, 0.2) is 18.2 Å². The predicted molar refractivity (Wildman–Crippen MR) is 78.0 cm³/mol. The van der Waals surface area contributed by atoms with Crippen molar-refractivity contribution >= 4 is 17.3 Å². The first-order chi connectivity index (χ1) is 9.99. The minimum atomic E-state index is -0.579. The molecule has 0 spiro atoms. The molecule has 1 saturated heterocycles. The normalized spacial score (nSPS) is 15.7. The average Bonchev–Trinajstić information content (AvgIpc) is 2.47. The summed E-state index contributed by atoms with van der Waals surface area (Å²) in [5.74, 6) is 0.182. The predicted octanol–water partition coefficient (Wildman–Crippen LogP) is 1.68. The second kappa shape index (κ2) is 6.53. The van der Waals surface area contributed by atoms with Gasteiger partial charge in [0.15, 0.2) is 0 Å². The lowest BCUT2D eigenvalue weighted by atomic mass is 9.99. The molecule has 1 aliphatic rings. The largest absolute Gasteiger partial charge is 0.393 e. The lowest BCUT2D eigenvalue weighted by molar-refractivity contribution is -0.383. The van der Waals surface area contributed by atoms with Gasteiger partial charge < -0.3 is 15.4 Å². The van der Waals surface area contributed by atoms with E-state index >= 15 is 0 Å². The van der Waals surface area contributed by atoms with E-state index in [1.54, 1.807) is 11.9 Å². The third kappa shape index (κ3) is 3.69. The monoisotopic (exact) mass is 293 g/mol. The number of nitro benzene ring substituents is 1. The van der Waals surface area contributed by atoms with Gasteiger partial charge in [0.05, 0.1) is 4.92 Å². The highest BCUT2D eigenvalue weighted by atomic mass is 16.6. The maximum absolute atomic E-state index is 12.3. The van der Waals surface area contributed by atoms with Gasteiger partial charge in [0.25, 0.3) is 11.6 Å². The van der Waals surface area contributed by atoms with Gasteiger partial charge in [0.2, 0.25) is 0 Å². The third-order valence-corrected chi connectivity index (χ3v) is 3.69. The van der Waals surface area contributed by atoms with Crippen LogP contribution < -0.4 is 5.73 Å². The fourth-order valence-corrected chi connectivity index (χ4v) is 2.45. The van der Waals surface area contributed by atoms with E-state index in [1.165, 1.54) is 18.2 Å². The molecule has 1 fully saturated rings. The maximum Gasteiger partial charge on any atom is 0.292 e. The van der Waals surface area contributed by atoms with E-state index in [9.17, 15) is 14.9 Å². The molecule has 0 saturated carbocycles. The van der Waals surface area contributed by atoms with E-state index in [0.29, 0.717) is 12.5 Å². The van der Waals surface area contributed by atoms with Crippen LogP contribution >= 0.6 is 0 Å². The summed E-state index contributed by atoms with van der Waals surface area (Å²) < 4.78 is 5.29. The van der Waals surface area contributed by atoms with Crippen LogP contribution in [0.2, 0.25) is 0 Å². The molecular formula is C14H19N3O4. The highest BCUT2D eigenvalue weighted by Crippen LogP contribution is 2.23. The van der Waals surface area contributed by atoms with Gasteiger partial charge in [-0.25, -0.2) is 0 Å². The van der Waals surface area contributed by atoms with Gasteiger partial charge in [0.1, 0.15) is 5.69 Å². The molecule has 2 N–H and O–H groups in total. The molecule has 1 aliphatic heterocycles. The number of carbonyl (C=O) groups excluding carboxylic acids is 1. The van der Waals surface area contributed by atoms with Gasteiger partial charge in [0, 0.05) is 38.4 Å². The Morgan fingerprint density at radius 1 is 1.48 bits per heavy atom. The van der Waals surface area contributed by atoms with E-state index in [0.717, 1.165) is 26.1 Å². The van der Waals surface area contributed by atoms with Crippen molar-refractivity contribution in [1.29, 1.82) is 0 Å². The topological polar surface area (TPSA) is 98.7 Å². The van der Waals surface area contributed by atoms with Crippen molar-refractivity contribution in [2.24, 2.45) is 5.92 Å². The molecular weight excluding hydrogens is 274 g/mol. The van der Waals surface area contributed by atoms with Gasteiger partial charge in [-0.2, -0.15) is 0 Å². The molecule has 2 rings (SSSR count). The summed E-state index contributed by atoms with van der Waals surface area (Å²) in [7, 11) is 1.71. The summed E-state index contributed by atoms with van der Waals surface area (Å²) in [6.45, 7) is 2.07. The number of nitro groups is 1. The third-order valence-electron chi connectivity index (χ3n) is 3.69. The molecule has 0 bridgehead atoms. The molecule has 1 heterocycles. The summed E-state index contributed by atoms with van der Waals surface area (Å²) in [6.07, 6.45) is 1.86. The van der Waals surface area contributed by atoms with Gasteiger partial charge in [-0.3, -0.25) is 14.9 Å². The molecule has 0 unspecified atom stereocenters. The number of nitrogens with two attached hydrogens (primary N) is 1. The standard InChI is InChI=1S/C14H19N3O4/c1-16(9-10-4-6-21-7-5-10)14(18)11-2-3-12(15)13(8-11)17(19)20/h2-3,8,10H,4-7,9,15H2,1H3. The first kappa shape index (κ1) is 15.2. The van der Waals surface area contributed by atoms with Crippen LogP contribution in [0.5, 0.6) is 0 Å². The number of nitrogens with zero attached hydrogens (tertiary/aromatic N) is 2. The van der Waals surface area contributed by atoms with Gasteiger partial charge in [-0.15, -0.1) is 0 Å². The number of carbonyl (C=O) groups is 1. The lowest BCUT2D eigenvalue weighted by Crippen LogP contribution is -2.34. The van der Waals surface area contributed by atoms with E-state index in [1.807, 2.05) is 0 Å². The van der Waals surface area contributed by atoms with Crippen molar-refractivity contribution in [1.82, 2.24) is 4.90 Å². The second-order valence-corrected chi connectivity index (χ2v) is 5.27. The van der Waals surface area contributed by atoms with Gasteiger partial charge >= 0.3 is 0 Å². The van der Waals surface area contributed by atoms with Crippen molar-refractivity contribution in [2.45, 2.75) is 12.8 Å². The number of rotatable bonds is 4. The molecule has 7 nitrogen and oxygen atoms in total. The number of amides is 1. The summed E-state index contributed by atoms with van der Waals surface area (Å²) in [6, 6.07) is 4.15. The molecule has 0 aromatic heterocycles. The van der Waals surface area contributed by atoms with Gasteiger partial charge in [-0.1, -0.05) is 0 Å². The number of benzene rings is 1.